The van der Waals surface area contributed by atoms with Crippen LogP contribution in [0.25, 0.3) is 10.2 Å². The number of thiophene rings is 1. The minimum atomic E-state index is 0.0548. The first-order chi connectivity index (χ1) is 8.34. The van der Waals surface area contributed by atoms with Crippen molar-refractivity contribution in [1.82, 2.24) is 9.55 Å². The van der Waals surface area contributed by atoms with Crippen molar-refractivity contribution in [1.29, 1.82) is 0 Å². The molecule has 0 N–H and O–H groups in total. The van der Waals surface area contributed by atoms with Gasteiger partial charge >= 0.3 is 0 Å². The van der Waals surface area contributed by atoms with E-state index in [4.69, 9.17) is 4.74 Å². The third-order valence-corrected chi connectivity index (χ3v) is 4.00. The summed E-state index contributed by atoms with van der Waals surface area (Å²) in [6.45, 7) is 1.44. The lowest BCUT2D eigenvalue weighted by Gasteiger charge is -2.22. The van der Waals surface area contributed by atoms with E-state index >= 15 is 0 Å². The zero-order chi connectivity index (χ0) is 11.7. The van der Waals surface area contributed by atoms with Gasteiger partial charge in [-0.3, -0.25) is 9.36 Å². The van der Waals surface area contributed by atoms with Crippen molar-refractivity contribution in [3.63, 3.8) is 0 Å². The lowest BCUT2D eigenvalue weighted by molar-refractivity contribution is 0.00536. The molecule has 0 bridgehead atoms. The molecule has 0 spiro atoms. The van der Waals surface area contributed by atoms with Crippen molar-refractivity contribution in [3.8, 4) is 0 Å². The van der Waals surface area contributed by atoms with E-state index in [-0.39, 0.29) is 11.7 Å². The number of aromatic nitrogens is 2. The fourth-order valence-electron chi connectivity index (χ4n) is 2.18. The Bertz CT molecular complexity index is 569. The summed E-state index contributed by atoms with van der Waals surface area (Å²) in [5.74, 6) is 0. The van der Waals surface area contributed by atoms with Crippen LogP contribution in [0.5, 0.6) is 0 Å². The number of fused-ring (bicyclic) bond motifs is 1. The van der Waals surface area contributed by atoms with Gasteiger partial charge in [-0.2, -0.15) is 0 Å². The summed E-state index contributed by atoms with van der Waals surface area (Å²) in [4.78, 5) is 16.4. The van der Waals surface area contributed by atoms with Crippen LogP contribution in [0.3, 0.4) is 0 Å². The average Bonchev–Trinajstić information content (AvgIpc) is 2.83. The highest BCUT2D eigenvalue weighted by Gasteiger charge is 2.15. The molecule has 0 unspecified atom stereocenters. The van der Waals surface area contributed by atoms with Crippen molar-refractivity contribution in [2.75, 3.05) is 6.61 Å². The lowest BCUT2D eigenvalue weighted by atomic mass is 10.1. The molecule has 0 saturated carbocycles. The second-order valence-electron chi connectivity index (χ2n) is 4.33. The second-order valence-corrected chi connectivity index (χ2v) is 5.24. The van der Waals surface area contributed by atoms with Crippen LogP contribution in [0.1, 0.15) is 19.3 Å². The SMILES string of the molecule is O=c1c2sccc2ncn1C[C@H]1CCCCO1. The highest BCUT2D eigenvalue weighted by Crippen LogP contribution is 2.16. The maximum atomic E-state index is 12.1. The molecule has 3 heterocycles. The monoisotopic (exact) mass is 250 g/mol. The molecule has 1 atom stereocenters. The quantitative estimate of drug-likeness (QED) is 0.819. The van der Waals surface area contributed by atoms with E-state index in [9.17, 15) is 4.79 Å². The van der Waals surface area contributed by atoms with Gasteiger partial charge in [-0.1, -0.05) is 0 Å². The molecule has 1 fully saturated rings. The van der Waals surface area contributed by atoms with Gasteiger partial charge in [0.2, 0.25) is 0 Å². The molecule has 0 aliphatic carbocycles. The molecule has 4 nitrogen and oxygen atoms in total. The van der Waals surface area contributed by atoms with E-state index in [0.717, 1.165) is 29.7 Å². The predicted molar refractivity (Wildman–Crippen MR) is 67.5 cm³/mol. The summed E-state index contributed by atoms with van der Waals surface area (Å²) >= 11 is 1.45. The summed E-state index contributed by atoms with van der Waals surface area (Å²) in [6.07, 6.45) is 5.16. The van der Waals surface area contributed by atoms with Crippen LogP contribution in [0.4, 0.5) is 0 Å². The molecule has 1 saturated heterocycles. The molecule has 0 amide bonds. The maximum Gasteiger partial charge on any atom is 0.271 e. The average molecular weight is 250 g/mol. The standard InChI is InChI=1S/C12H14N2O2S/c15-12-11-10(4-6-17-11)13-8-14(12)7-9-3-1-2-5-16-9/h4,6,8-9H,1-3,5,7H2/t9-/m1/s1. The zero-order valence-corrected chi connectivity index (χ0v) is 10.3. The number of hydrogen-bond acceptors (Lipinski definition) is 4. The molecule has 0 aromatic carbocycles. The van der Waals surface area contributed by atoms with Crippen LogP contribution < -0.4 is 5.56 Å². The Balaban J connectivity index is 1.89. The normalized spacial score (nSPS) is 20.8. The molecule has 90 valence electrons. The van der Waals surface area contributed by atoms with E-state index in [1.165, 1.54) is 17.8 Å². The van der Waals surface area contributed by atoms with Gasteiger partial charge in [0.05, 0.1) is 24.5 Å². The third kappa shape index (κ3) is 2.12. The lowest BCUT2D eigenvalue weighted by Crippen LogP contribution is -2.30. The molecule has 2 aromatic rings. The topological polar surface area (TPSA) is 44.1 Å². The molecular formula is C12H14N2O2S. The Morgan fingerprint density at radius 3 is 3.29 bits per heavy atom. The van der Waals surface area contributed by atoms with Gasteiger partial charge in [0.15, 0.2) is 0 Å². The summed E-state index contributed by atoms with van der Waals surface area (Å²) in [5, 5.41) is 1.90. The highest BCUT2D eigenvalue weighted by atomic mass is 32.1. The van der Waals surface area contributed by atoms with E-state index in [0.29, 0.717) is 6.54 Å². The van der Waals surface area contributed by atoms with Gasteiger partial charge in [-0.05, 0) is 30.7 Å². The van der Waals surface area contributed by atoms with Crippen molar-refractivity contribution >= 4 is 21.6 Å². The van der Waals surface area contributed by atoms with E-state index < -0.39 is 0 Å². The van der Waals surface area contributed by atoms with Gasteiger partial charge in [0, 0.05) is 6.61 Å². The first-order valence-corrected chi connectivity index (χ1v) is 6.77. The summed E-state index contributed by atoms with van der Waals surface area (Å²) in [6, 6.07) is 1.88. The van der Waals surface area contributed by atoms with Crippen LogP contribution in [0.2, 0.25) is 0 Å². The summed E-state index contributed by atoms with van der Waals surface area (Å²) in [5.41, 5.74) is 0.847. The maximum absolute atomic E-state index is 12.1. The van der Waals surface area contributed by atoms with E-state index in [1.807, 2.05) is 11.4 Å². The molecule has 1 aliphatic heterocycles. The van der Waals surface area contributed by atoms with E-state index in [2.05, 4.69) is 4.98 Å². The predicted octanol–water partition coefficient (Wildman–Crippen LogP) is 2.03. The number of rotatable bonds is 2. The number of nitrogens with zero attached hydrogens (tertiary/aromatic N) is 2. The van der Waals surface area contributed by atoms with Crippen LogP contribution in [-0.4, -0.2) is 22.3 Å². The van der Waals surface area contributed by atoms with Crippen LogP contribution in [0.15, 0.2) is 22.6 Å². The molecule has 2 aromatic heterocycles. The first kappa shape index (κ1) is 10.9. The fourth-order valence-corrected chi connectivity index (χ4v) is 2.97. The van der Waals surface area contributed by atoms with Crippen molar-refractivity contribution in [3.05, 3.63) is 28.1 Å². The Morgan fingerprint density at radius 2 is 2.47 bits per heavy atom. The first-order valence-electron chi connectivity index (χ1n) is 5.89. The molecule has 3 rings (SSSR count). The minimum Gasteiger partial charge on any atom is -0.376 e. The Hall–Kier alpha value is -1.20. The van der Waals surface area contributed by atoms with Gasteiger partial charge in [-0.25, -0.2) is 4.98 Å². The number of ether oxygens (including phenoxy) is 1. The van der Waals surface area contributed by atoms with Gasteiger partial charge in [-0.15, -0.1) is 11.3 Å². The summed E-state index contributed by atoms with van der Waals surface area (Å²) in [7, 11) is 0. The molecule has 1 aliphatic rings. The highest BCUT2D eigenvalue weighted by molar-refractivity contribution is 7.17. The van der Waals surface area contributed by atoms with Crippen LogP contribution in [-0.2, 0) is 11.3 Å². The number of hydrogen-bond donors (Lipinski definition) is 0. The fraction of sp³-hybridized carbons (Fsp3) is 0.500. The van der Waals surface area contributed by atoms with Crippen LogP contribution in [0, 0.1) is 0 Å². The molecular weight excluding hydrogens is 236 g/mol. The van der Waals surface area contributed by atoms with Gasteiger partial charge < -0.3 is 4.74 Å². The van der Waals surface area contributed by atoms with Crippen molar-refractivity contribution in [2.24, 2.45) is 0 Å². The second kappa shape index (κ2) is 4.58. The Labute approximate surface area is 103 Å². The minimum absolute atomic E-state index is 0.0548. The van der Waals surface area contributed by atoms with Crippen molar-refractivity contribution < 1.29 is 4.74 Å². The molecule has 17 heavy (non-hydrogen) atoms. The zero-order valence-electron chi connectivity index (χ0n) is 9.46. The van der Waals surface area contributed by atoms with Crippen molar-refractivity contribution in [2.45, 2.75) is 31.9 Å². The molecule has 5 heteroatoms. The Kier molecular flexibility index (Phi) is 2.94. The van der Waals surface area contributed by atoms with E-state index in [1.54, 1.807) is 10.9 Å². The smallest absolute Gasteiger partial charge is 0.271 e. The third-order valence-electron chi connectivity index (χ3n) is 3.11. The largest absolute Gasteiger partial charge is 0.376 e. The van der Waals surface area contributed by atoms with Crippen LogP contribution >= 0.6 is 11.3 Å². The molecule has 0 radical (unpaired) electrons. The van der Waals surface area contributed by atoms with Gasteiger partial charge in [0.1, 0.15) is 4.70 Å². The van der Waals surface area contributed by atoms with Gasteiger partial charge in [0.25, 0.3) is 5.56 Å². The Morgan fingerprint density at radius 1 is 1.53 bits per heavy atom. The summed E-state index contributed by atoms with van der Waals surface area (Å²) < 4.78 is 8.06.